The Kier molecular flexibility index (Phi) is 6.01. The van der Waals surface area contributed by atoms with Gasteiger partial charge in [-0.05, 0) is 51.3 Å². The Balaban J connectivity index is 1.67. The van der Waals surface area contributed by atoms with E-state index in [1.807, 2.05) is 13.8 Å². The van der Waals surface area contributed by atoms with Crippen molar-refractivity contribution in [2.75, 3.05) is 28.7 Å². The number of carbonyl (C=O) groups excluding carboxylic acids is 1. The van der Waals surface area contributed by atoms with Crippen LogP contribution in [0.5, 0.6) is 0 Å². The van der Waals surface area contributed by atoms with Gasteiger partial charge in [0.15, 0.2) is 5.82 Å². The van der Waals surface area contributed by atoms with Crippen molar-refractivity contribution in [3.8, 4) is 0 Å². The smallest absolute Gasteiger partial charge is 0.351 e. The van der Waals surface area contributed by atoms with E-state index < -0.39 is 23.2 Å². The zero-order valence-electron chi connectivity index (χ0n) is 19.4. The minimum Gasteiger partial charge on any atom is -0.351 e. The van der Waals surface area contributed by atoms with Crippen LogP contribution >= 0.6 is 0 Å². The quantitative estimate of drug-likeness (QED) is 0.659. The fourth-order valence-electron chi connectivity index (χ4n) is 4.80. The maximum absolute atomic E-state index is 13.1. The first-order valence-electron chi connectivity index (χ1n) is 11.3. The molecule has 1 amide bonds. The fourth-order valence-corrected chi connectivity index (χ4v) is 4.80. The molecule has 2 aromatic rings. The second kappa shape index (κ2) is 8.50. The molecule has 6 nitrogen and oxygen atoms in total. The Morgan fingerprint density at radius 2 is 1.91 bits per heavy atom. The molecule has 1 aromatic heterocycles. The summed E-state index contributed by atoms with van der Waals surface area (Å²) in [6.45, 7) is 6.22. The van der Waals surface area contributed by atoms with E-state index in [0.29, 0.717) is 35.6 Å². The third-order valence-corrected chi connectivity index (χ3v) is 6.66. The minimum atomic E-state index is -4.40. The highest BCUT2D eigenvalue weighted by Crippen LogP contribution is 2.40. The van der Waals surface area contributed by atoms with Crippen molar-refractivity contribution >= 4 is 23.4 Å². The van der Waals surface area contributed by atoms with Gasteiger partial charge < -0.3 is 15.1 Å². The number of fused-ring (bicyclic) bond motifs is 1. The van der Waals surface area contributed by atoms with Crippen LogP contribution in [0.1, 0.15) is 63.6 Å². The van der Waals surface area contributed by atoms with Crippen LogP contribution in [-0.4, -0.2) is 35.5 Å². The van der Waals surface area contributed by atoms with Crippen molar-refractivity contribution in [1.29, 1.82) is 0 Å². The lowest BCUT2D eigenvalue weighted by Crippen LogP contribution is -2.45. The van der Waals surface area contributed by atoms with Crippen LogP contribution in [0.2, 0.25) is 0 Å². The van der Waals surface area contributed by atoms with Gasteiger partial charge in [0, 0.05) is 19.6 Å². The number of halogens is 3. The maximum atomic E-state index is 13.1. The molecule has 0 radical (unpaired) electrons. The number of anilines is 3. The van der Waals surface area contributed by atoms with Gasteiger partial charge >= 0.3 is 6.18 Å². The molecule has 0 spiro atoms. The zero-order chi connectivity index (χ0) is 24.0. The molecule has 1 fully saturated rings. The van der Waals surface area contributed by atoms with Crippen LogP contribution in [0.15, 0.2) is 30.5 Å². The number of hydrogen-bond donors (Lipinski definition) is 1. The van der Waals surface area contributed by atoms with Gasteiger partial charge in [-0.3, -0.25) is 4.79 Å². The molecule has 33 heavy (non-hydrogen) atoms. The first-order valence-corrected chi connectivity index (χ1v) is 11.3. The number of rotatable bonds is 4. The highest BCUT2D eigenvalue weighted by atomic mass is 19.4. The van der Waals surface area contributed by atoms with E-state index in [4.69, 9.17) is 4.98 Å². The van der Waals surface area contributed by atoms with E-state index >= 15 is 0 Å². The van der Waals surface area contributed by atoms with E-state index in [1.54, 1.807) is 31.1 Å². The van der Waals surface area contributed by atoms with Crippen LogP contribution in [0.25, 0.3) is 0 Å². The molecule has 2 aliphatic rings. The third-order valence-electron chi connectivity index (χ3n) is 6.66. The molecular formula is C24H30F3N5O. The summed E-state index contributed by atoms with van der Waals surface area (Å²) in [7, 11) is 1.74. The summed E-state index contributed by atoms with van der Waals surface area (Å²) in [5.74, 6) is 1.02. The number of alkyl halides is 3. The normalized spacial score (nSPS) is 19.9. The molecule has 1 aliphatic heterocycles. The van der Waals surface area contributed by atoms with Crippen molar-refractivity contribution in [2.24, 2.45) is 5.41 Å². The van der Waals surface area contributed by atoms with E-state index in [9.17, 15) is 18.0 Å². The van der Waals surface area contributed by atoms with Crippen LogP contribution in [0.3, 0.4) is 0 Å². The molecule has 2 heterocycles. The number of aromatic nitrogens is 2. The highest BCUT2D eigenvalue weighted by Gasteiger charge is 2.41. The van der Waals surface area contributed by atoms with Gasteiger partial charge in [0.1, 0.15) is 5.69 Å². The van der Waals surface area contributed by atoms with Crippen LogP contribution < -0.4 is 15.1 Å². The lowest BCUT2D eigenvalue weighted by Gasteiger charge is -2.34. The summed E-state index contributed by atoms with van der Waals surface area (Å²) in [5, 5.41) is 3.15. The number of amides is 1. The van der Waals surface area contributed by atoms with Gasteiger partial charge in [-0.15, -0.1) is 0 Å². The van der Waals surface area contributed by atoms with Crippen LogP contribution in [0.4, 0.5) is 30.6 Å². The molecule has 0 bridgehead atoms. The summed E-state index contributed by atoms with van der Waals surface area (Å²) in [6.07, 6.45) is 1.60. The van der Waals surface area contributed by atoms with Crippen LogP contribution in [0, 0.1) is 5.41 Å². The largest absolute Gasteiger partial charge is 0.416 e. The lowest BCUT2D eigenvalue weighted by atomic mass is 9.91. The Bertz CT molecular complexity index is 1030. The molecule has 178 valence electrons. The third kappa shape index (κ3) is 4.63. The molecule has 1 N–H and O–H groups in total. The van der Waals surface area contributed by atoms with Crippen molar-refractivity contribution < 1.29 is 18.0 Å². The van der Waals surface area contributed by atoms with Gasteiger partial charge in [0.05, 0.1) is 23.2 Å². The monoisotopic (exact) mass is 461 g/mol. The van der Waals surface area contributed by atoms with Crippen molar-refractivity contribution in [2.45, 2.75) is 64.7 Å². The van der Waals surface area contributed by atoms with Crippen LogP contribution in [-0.2, 0) is 11.0 Å². The predicted octanol–water partition coefficient (Wildman–Crippen LogP) is 5.42. The van der Waals surface area contributed by atoms with E-state index in [0.717, 1.165) is 37.8 Å². The average molecular weight is 462 g/mol. The lowest BCUT2D eigenvalue weighted by molar-refractivity contribution is -0.137. The standard InChI is InChI=1S/C24H30F3N5O/c1-15(16-8-7-9-17(12-16)24(25,26)27)29-22-28-13-19-20(30-22)32(18-10-5-6-11-18)14-23(2,3)21(33)31(19)4/h7-9,12-13,15,18H,5-6,10-11,14H2,1-4H3,(H,28,29,30). The Morgan fingerprint density at radius 3 is 2.58 bits per heavy atom. The molecule has 1 saturated carbocycles. The van der Waals surface area contributed by atoms with Gasteiger partial charge in [0.2, 0.25) is 11.9 Å². The molecule has 1 atom stereocenters. The maximum Gasteiger partial charge on any atom is 0.416 e. The summed E-state index contributed by atoms with van der Waals surface area (Å²) in [6, 6.07) is 5.11. The van der Waals surface area contributed by atoms with Gasteiger partial charge in [-0.1, -0.05) is 25.0 Å². The summed E-state index contributed by atoms with van der Waals surface area (Å²) < 4.78 is 39.4. The molecule has 9 heteroatoms. The van der Waals surface area contributed by atoms with Gasteiger partial charge in [-0.25, -0.2) is 4.98 Å². The fraction of sp³-hybridized carbons (Fsp3) is 0.542. The Hall–Kier alpha value is -2.84. The van der Waals surface area contributed by atoms with E-state index in [-0.39, 0.29) is 5.91 Å². The van der Waals surface area contributed by atoms with Gasteiger partial charge in [-0.2, -0.15) is 18.2 Å². The number of nitrogens with zero attached hydrogens (tertiary/aromatic N) is 4. The van der Waals surface area contributed by atoms with Gasteiger partial charge in [0.25, 0.3) is 0 Å². The van der Waals surface area contributed by atoms with Crippen molar-refractivity contribution in [1.82, 2.24) is 9.97 Å². The second-order valence-corrected chi connectivity index (χ2v) is 9.71. The van der Waals surface area contributed by atoms with E-state index in [2.05, 4.69) is 15.2 Å². The molecule has 1 aliphatic carbocycles. The molecule has 0 saturated heterocycles. The number of benzene rings is 1. The summed E-state index contributed by atoms with van der Waals surface area (Å²) in [5.41, 5.74) is -0.137. The number of carbonyl (C=O) groups is 1. The topological polar surface area (TPSA) is 61.4 Å². The summed E-state index contributed by atoms with van der Waals surface area (Å²) in [4.78, 5) is 26.1. The minimum absolute atomic E-state index is 0.00545. The molecule has 1 aromatic carbocycles. The van der Waals surface area contributed by atoms with Crippen molar-refractivity contribution in [3.05, 3.63) is 41.6 Å². The Morgan fingerprint density at radius 1 is 1.21 bits per heavy atom. The Labute approximate surface area is 192 Å². The SMILES string of the molecule is CC(Nc1ncc2c(n1)N(C1CCCC1)CC(C)(C)C(=O)N2C)c1cccc(C(F)(F)F)c1. The molecule has 1 unspecified atom stereocenters. The summed E-state index contributed by atoms with van der Waals surface area (Å²) >= 11 is 0. The molecular weight excluding hydrogens is 431 g/mol. The first-order chi connectivity index (χ1) is 15.5. The predicted molar refractivity (Wildman–Crippen MR) is 122 cm³/mol. The average Bonchev–Trinajstić information content (AvgIpc) is 3.28. The first kappa shape index (κ1) is 23.3. The number of nitrogens with one attached hydrogen (secondary N) is 1. The number of hydrogen-bond acceptors (Lipinski definition) is 5. The second-order valence-electron chi connectivity index (χ2n) is 9.71. The highest BCUT2D eigenvalue weighted by molar-refractivity contribution is 6.00. The van der Waals surface area contributed by atoms with Crippen molar-refractivity contribution in [3.63, 3.8) is 0 Å². The zero-order valence-corrected chi connectivity index (χ0v) is 19.4. The molecule has 4 rings (SSSR count). The van der Waals surface area contributed by atoms with E-state index in [1.165, 1.54) is 6.07 Å².